The Bertz CT molecular complexity index is 681. The van der Waals surface area contributed by atoms with Crippen LogP contribution >= 0.6 is 11.6 Å². The lowest BCUT2D eigenvalue weighted by atomic mass is 10.0. The molecule has 4 heteroatoms. The number of hydrogen-bond donors (Lipinski definition) is 0. The largest absolute Gasteiger partial charge is 0.456 e. The van der Waals surface area contributed by atoms with Gasteiger partial charge in [-0.05, 0) is 48.2 Å². The number of rotatable bonds is 4. The van der Waals surface area contributed by atoms with Crippen molar-refractivity contribution in [1.82, 2.24) is 0 Å². The average Bonchev–Trinajstić information content (AvgIpc) is 2.41. The van der Waals surface area contributed by atoms with Crippen molar-refractivity contribution >= 4 is 17.9 Å². The summed E-state index contributed by atoms with van der Waals surface area (Å²) in [7, 11) is 0. The third kappa shape index (κ3) is 3.24. The molecule has 0 bridgehead atoms. The Hall–Kier alpha value is -1.87. The number of hydrogen-bond acceptors (Lipinski definition) is 2. The molecule has 0 unspecified atom stereocenters. The fourth-order valence-electron chi connectivity index (χ4n) is 2.06. The summed E-state index contributed by atoms with van der Waals surface area (Å²) in [4.78, 5) is 11.0. The second-order valence-corrected chi connectivity index (χ2v) is 5.57. The number of benzene rings is 2. The third-order valence-electron chi connectivity index (χ3n) is 3.27. The van der Waals surface area contributed by atoms with E-state index in [0.29, 0.717) is 17.1 Å². The monoisotopic (exact) mass is 306 g/mol. The first kappa shape index (κ1) is 15.5. The summed E-state index contributed by atoms with van der Waals surface area (Å²) in [5.41, 5.74) is 1.68. The standard InChI is InChI=1S/C17H16ClFO2/c1-10(2)12-8-17(11(3)7-14(12)18)21-16-6-4-5-15(19)13(16)9-20/h4-10H,1-3H3. The average molecular weight is 307 g/mol. The molecular formula is C17H16ClFO2. The summed E-state index contributed by atoms with van der Waals surface area (Å²) < 4.78 is 19.3. The van der Waals surface area contributed by atoms with Crippen LogP contribution in [0.5, 0.6) is 11.5 Å². The number of carbonyl (C=O) groups is 1. The van der Waals surface area contributed by atoms with Crippen LogP contribution in [-0.2, 0) is 0 Å². The zero-order chi connectivity index (χ0) is 15.6. The van der Waals surface area contributed by atoms with Gasteiger partial charge in [0.05, 0.1) is 5.56 Å². The molecule has 0 aliphatic heterocycles. The van der Waals surface area contributed by atoms with Crippen LogP contribution in [0.25, 0.3) is 0 Å². The topological polar surface area (TPSA) is 26.3 Å². The zero-order valence-electron chi connectivity index (χ0n) is 12.1. The summed E-state index contributed by atoms with van der Waals surface area (Å²) >= 11 is 6.21. The molecule has 0 N–H and O–H groups in total. The van der Waals surface area contributed by atoms with E-state index in [4.69, 9.17) is 16.3 Å². The molecule has 2 nitrogen and oxygen atoms in total. The fourth-order valence-corrected chi connectivity index (χ4v) is 2.50. The number of aryl methyl sites for hydroxylation is 1. The first-order valence-corrected chi connectivity index (χ1v) is 7.03. The molecule has 0 amide bonds. The first-order valence-electron chi connectivity index (χ1n) is 6.65. The molecule has 0 radical (unpaired) electrons. The minimum atomic E-state index is -0.599. The van der Waals surface area contributed by atoms with Gasteiger partial charge in [0.25, 0.3) is 0 Å². The van der Waals surface area contributed by atoms with Crippen molar-refractivity contribution in [3.8, 4) is 11.5 Å². The highest BCUT2D eigenvalue weighted by Crippen LogP contribution is 2.34. The van der Waals surface area contributed by atoms with Gasteiger partial charge in [-0.2, -0.15) is 0 Å². The Morgan fingerprint density at radius 1 is 1.24 bits per heavy atom. The van der Waals surface area contributed by atoms with Crippen LogP contribution in [0.4, 0.5) is 4.39 Å². The first-order chi connectivity index (χ1) is 9.93. The Labute approximate surface area is 128 Å². The van der Waals surface area contributed by atoms with Gasteiger partial charge in [0, 0.05) is 5.02 Å². The van der Waals surface area contributed by atoms with Gasteiger partial charge in [0.15, 0.2) is 6.29 Å². The summed E-state index contributed by atoms with van der Waals surface area (Å²) in [5, 5.41) is 0.671. The molecule has 0 aromatic heterocycles. The molecule has 110 valence electrons. The smallest absolute Gasteiger partial charge is 0.156 e. The van der Waals surface area contributed by atoms with Crippen molar-refractivity contribution in [3.05, 3.63) is 57.9 Å². The van der Waals surface area contributed by atoms with Crippen LogP contribution in [0.1, 0.15) is 41.3 Å². The van der Waals surface area contributed by atoms with Crippen LogP contribution in [0.2, 0.25) is 5.02 Å². The lowest BCUT2D eigenvalue weighted by Gasteiger charge is -2.15. The summed E-state index contributed by atoms with van der Waals surface area (Å²) in [6.07, 6.45) is 0.458. The SMILES string of the molecule is Cc1cc(Cl)c(C(C)C)cc1Oc1cccc(F)c1C=O. The highest BCUT2D eigenvalue weighted by molar-refractivity contribution is 6.31. The van der Waals surface area contributed by atoms with Crippen molar-refractivity contribution in [1.29, 1.82) is 0 Å². The van der Waals surface area contributed by atoms with Gasteiger partial charge in [-0.3, -0.25) is 4.79 Å². The van der Waals surface area contributed by atoms with E-state index in [1.807, 2.05) is 32.9 Å². The normalized spacial score (nSPS) is 10.8. The van der Waals surface area contributed by atoms with Crippen LogP contribution in [-0.4, -0.2) is 6.29 Å². The van der Waals surface area contributed by atoms with Crippen molar-refractivity contribution in [3.63, 3.8) is 0 Å². The van der Waals surface area contributed by atoms with Crippen LogP contribution < -0.4 is 4.74 Å². The molecule has 0 spiro atoms. The van der Waals surface area contributed by atoms with Crippen molar-refractivity contribution in [2.45, 2.75) is 26.7 Å². The molecule has 0 fully saturated rings. The highest BCUT2D eigenvalue weighted by Gasteiger charge is 2.14. The molecule has 21 heavy (non-hydrogen) atoms. The molecule has 2 aromatic carbocycles. The fraction of sp³-hybridized carbons (Fsp3) is 0.235. The van der Waals surface area contributed by atoms with Gasteiger partial charge < -0.3 is 4.74 Å². The van der Waals surface area contributed by atoms with Crippen molar-refractivity contribution in [2.75, 3.05) is 0 Å². The molecule has 0 aliphatic carbocycles. The van der Waals surface area contributed by atoms with Crippen molar-refractivity contribution < 1.29 is 13.9 Å². The second-order valence-electron chi connectivity index (χ2n) is 5.17. The van der Waals surface area contributed by atoms with Crippen LogP contribution in [0.15, 0.2) is 30.3 Å². The zero-order valence-corrected chi connectivity index (χ0v) is 12.9. The lowest BCUT2D eigenvalue weighted by molar-refractivity contribution is 0.111. The van der Waals surface area contributed by atoms with Gasteiger partial charge >= 0.3 is 0 Å². The van der Waals surface area contributed by atoms with Gasteiger partial charge in [0.1, 0.15) is 17.3 Å². The van der Waals surface area contributed by atoms with E-state index in [9.17, 15) is 9.18 Å². The molecule has 0 heterocycles. The minimum absolute atomic E-state index is 0.0852. The van der Waals surface area contributed by atoms with E-state index < -0.39 is 5.82 Å². The maximum atomic E-state index is 13.6. The maximum Gasteiger partial charge on any atom is 0.156 e. The Morgan fingerprint density at radius 3 is 2.57 bits per heavy atom. The summed E-state index contributed by atoms with van der Waals surface area (Å²) in [6, 6.07) is 7.95. The summed E-state index contributed by atoms with van der Waals surface area (Å²) in [5.74, 6) is 0.402. The van der Waals surface area contributed by atoms with Gasteiger partial charge in [-0.1, -0.05) is 31.5 Å². The Morgan fingerprint density at radius 2 is 1.95 bits per heavy atom. The van der Waals surface area contributed by atoms with E-state index in [1.54, 1.807) is 6.07 Å². The molecule has 2 rings (SSSR count). The van der Waals surface area contributed by atoms with E-state index in [0.717, 1.165) is 11.1 Å². The minimum Gasteiger partial charge on any atom is -0.456 e. The van der Waals surface area contributed by atoms with Gasteiger partial charge in [-0.15, -0.1) is 0 Å². The highest BCUT2D eigenvalue weighted by atomic mass is 35.5. The maximum absolute atomic E-state index is 13.6. The van der Waals surface area contributed by atoms with Gasteiger partial charge in [0.2, 0.25) is 0 Å². The molecule has 0 aliphatic rings. The number of halogens is 2. The predicted octanol–water partition coefficient (Wildman–Crippen LogP) is 5.52. The van der Waals surface area contributed by atoms with E-state index in [2.05, 4.69) is 0 Å². The second kappa shape index (κ2) is 6.27. The molecular weight excluding hydrogens is 291 g/mol. The van der Waals surface area contributed by atoms with E-state index in [-0.39, 0.29) is 17.2 Å². The Kier molecular flexibility index (Phi) is 4.63. The van der Waals surface area contributed by atoms with Crippen molar-refractivity contribution in [2.24, 2.45) is 0 Å². The molecule has 0 saturated heterocycles. The quantitative estimate of drug-likeness (QED) is 0.696. The number of carbonyl (C=O) groups excluding carboxylic acids is 1. The Balaban J connectivity index is 2.47. The third-order valence-corrected chi connectivity index (χ3v) is 3.59. The van der Waals surface area contributed by atoms with Crippen LogP contribution in [0, 0.1) is 12.7 Å². The van der Waals surface area contributed by atoms with Gasteiger partial charge in [-0.25, -0.2) is 4.39 Å². The van der Waals surface area contributed by atoms with Crippen LogP contribution in [0.3, 0.4) is 0 Å². The molecule has 0 saturated carbocycles. The lowest BCUT2D eigenvalue weighted by Crippen LogP contribution is -1.97. The molecule has 2 aromatic rings. The predicted molar refractivity (Wildman–Crippen MR) is 82.1 cm³/mol. The summed E-state index contributed by atoms with van der Waals surface area (Å²) in [6.45, 7) is 5.91. The number of aldehydes is 1. The van der Waals surface area contributed by atoms with E-state index >= 15 is 0 Å². The molecule has 0 atom stereocenters. The van der Waals surface area contributed by atoms with E-state index in [1.165, 1.54) is 12.1 Å². The number of ether oxygens (including phenoxy) is 1.